The second kappa shape index (κ2) is 8.56. The Morgan fingerprint density at radius 3 is 2.30 bits per heavy atom. The molecule has 0 heterocycles. The largest absolute Gasteiger partial charge is 0.444 e. The number of carbonyl (C=O) groups excluding carboxylic acids is 2. The minimum atomic E-state index is -0.564. The van der Waals surface area contributed by atoms with E-state index in [-0.39, 0.29) is 17.9 Å². The van der Waals surface area contributed by atoms with Gasteiger partial charge in [0.15, 0.2) is 0 Å². The second-order valence-electron chi connectivity index (χ2n) is 6.66. The first-order valence-corrected chi connectivity index (χ1v) is 8.05. The molecule has 0 aliphatic heterocycles. The lowest BCUT2D eigenvalue weighted by atomic mass is 10.1. The van der Waals surface area contributed by atoms with Gasteiger partial charge < -0.3 is 15.4 Å². The van der Waals surface area contributed by atoms with Gasteiger partial charge in [0.25, 0.3) is 0 Å². The molecule has 0 radical (unpaired) electrons. The lowest BCUT2D eigenvalue weighted by Gasteiger charge is -2.24. The maximum atomic E-state index is 12.0. The third-order valence-corrected chi connectivity index (χ3v) is 3.43. The molecule has 5 heteroatoms. The monoisotopic (exact) mass is 320 g/mol. The molecule has 0 fully saturated rings. The SMILES string of the molecule is CC[C@@H](C)C(=O)NC[C@H](NC(=O)OC(C)(C)C)c1ccccc1. The Kier molecular flexibility index (Phi) is 7.07. The number of amides is 2. The zero-order valence-electron chi connectivity index (χ0n) is 14.7. The van der Waals surface area contributed by atoms with Crippen molar-refractivity contribution >= 4 is 12.0 Å². The van der Waals surface area contributed by atoms with Crippen molar-refractivity contribution in [3.05, 3.63) is 35.9 Å². The van der Waals surface area contributed by atoms with Gasteiger partial charge in [0, 0.05) is 12.5 Å². The van der Waals surface area contributed by atoms with Crippen LogP contribution in [0, 0.1) is 5.92 Å². The maximum absolute atomic E-state index is 12.0. The number of hydrogen-bond donors (Lipinski definition) is 2. The van der Waals surface area contributed by atoms with Crippen LogP contribution in [0.15, 0.2) is 30.3 Å². The van der Waals surface area contributed by atoms with Crippen LogP contribution in [0.2, 0.25) is 0 Å². The fraction of sp³-hybridized carbons (Fsp3) is 0.556. The molecule has 1 aromatic carbocycles. The number of benzene rings is 1. The van der Waals surface area contributed by atoms with Gasteiger partial charge in [-0.05, 0) is 32.8 Å². The van der Waals surface area contributed by atoms with Crippen molar-refractivity contribution in [1.29, 1.82) is 0 Å². The molecule has 23 heavy (non-hydrogen) atoms. The molecule has 2 N–H and O–H groups in total. The van der Waals surface area contributed by atoms with Gasteiger partial charge in [0.05, 0.1) is 6.04 Å². The molecule has 2 amide bonds. The third kappa shape index (κ3) is 7.17. The summed E-state index contributed by atoms with van der Waals surface area (Å²) in [5.74, 6) is -0.0626. The highest BCUT2D eigenvalue weighted by Gasteiger charge is 2.21. The van der Waals surface area contributed by atoms with Crippen molar-refractivity contribution in [2.45, 2.75) is 52.7 Å². The van der Waals surface area contributed by atoms with E-state index >= 15 is 0 Å². The fourth-order valence-electron chi connectivity index (χ4n) is 1.95. The minimum absolute atomic E-state index is 0.0144. The number of carbonyl (C=O) groups is 2. The van der Waals surface area contributed by atoms with Crippen molar-refractivity contribution in [3.63, 3.8) is 0 Å². The van der Waals surface area contributed by atoms with Crippen LogP contribution in [0.3, 0.4) is 0 Å². The summed E-state index contributed by atoms with van der Waals surface area (Å²) < 4.78 is 5.30. The summed E-state index contributed by atoms with van der Waals surface area (Å²) in [6.45, 7) is 9.62. The average molecular weight is 320 g/mol. The summed E-state index contributed by atoms with van der Waals surface area (Å²) in [5.41, 5.74) is 0.355. The van der Waals surface area contributed by atoms with E-state index in [0.29, 0.717) is 6.54 Å². The Balaban J connectivity index is 2.75. The second-order valence-corrected chi connectivity index (χ2v) is 6.66. The Bertz CT molecular complexity index is 509. The Morgan fingerprint density at radius 2 is 1.78 bits per heavy atom. The first-order valence-electron chi connectivity index (χ1n) is 8.05. The molecule has 0 saturated heterocycles. The van der Waals surface area contributed by atoms with E-state index in [1.54, 1.807) is 0 Å². The van der Waals surface area contributed by atoms with Crippen LogP contribution in [-0.2, 0) is 9.53 Å². The molecule has 0 bridgehead atoms. The first-order chi connectivity index (χ1) is 10.7. The van der Waals surface area contributed by atoms with Crippen LogP contribution in [0.5, 0.6) is 0 Å². The standard InChI is InChI=1S/C18H28N2O3/c1-6-13(2)16(21)19-12-15(14-10-8-7-9-11-14)20-17(22)23-18(3,4)5/h7-11,13,15H,6,12H2,1-5H3,(H,19,21)(H,20,22)/t13-,15+/m1/s1. The number of nitrogens with one attached hydrogen (secondary N) is 2. The van der Waals surface area contributed by atoms with Gasteiger partial charge >= 0.3 is 6.09 Å². The van der Waals surface area contributed by atoms with Crippen LogP contribution in [0.1, 0.15) is 52.6 Å². The van der Waals surface area contributed by atoms with E-state index in [1.807, 2.05) is 65.0 Å². The highest BCUT2D eigenvalue weighted by Crippen LogP contribution is 2.14. The van der Waals surface area contributed by atoms with E-state index in [4.69, 9.17) is 4.74 Å². The number of ether oxygens (including phenoxy) is 1. The van der Waals surface area contributed by atoms with E-state index in [0.717, 1.165) is 12.0 Å². The van der Waals surface area contributed by atoms with E-state index in [2.05, 4.69) is 10.6 Å². The van der Waals surface area contributed by atoms with Crippen molar-refractivity contribution in [2.24, 2.45) is 5.92 Å². The van der Waals surface area contributed by atoms with Crippen molar-refractivity contribution < 1.29 is 14.3 Å². The van der Waals surface area contributed by atoms with Gasteiger partial charge in [-0.25, -0.2) is 4.79 Å². The summed E-state index contributed by atoms with van der Waals surface area (Å²) in [4.78, 5) is 24.0. The van der Waals surface area contributed by atoms with Crippen LogP contribution >= 0.6 is 0 Å². The summed E-state index contributed by atoms with van der Waals surface area (Å²) in [6.07, 6.45) is 0.283. The van der Waals surface area contributed by atoms with E-state index in [9.17, 15) is 9.59 Å². The summed E-state index contributed by atoms with van der Waals surface area (Å²) in [7, 11) is 0. The quantitative estimate of drug-likeness (QED) is 0.844. The first kappa shape index (κ1) is 19.0. The summed E-state index contributed by atoms with van der Waals surface area (Å²) in [6, 6.07) is 9.20. The highest BCUT2D eigenvalue weighted by molar-refractivity contribution is 5.78. The van der Waals surface area contributed by atoms with Crippen molar-refractivity contribution in [1.82, 2.24) is 10.6 Å². The zero-order valence-corrected chi connectivity index (χ0v) is 14.7. The van der Waals surface area contributed by atoms with Gasteiger partial charge in [0.1, 0.15) is 5.60 Å². The molecule has 5 nitrogen and oxygen atoms in total. The van der Waals surface area contributed by atoms with Gasteiger partial charge in [-0.1, -0.05) is 44.2 Å². The van der Waals surface area contributed by atoms with Crippen LogP contribution in [0.25, 0.3) is 0 Å². The molecule has 1 rings (SSSR count). The van der Waals surface area contributed by atoms with Gasteiger partial charge in [-0.2, -0.15) is 0 Å². The number of rotatable bonds is 6. The molecule has 1 aromatic rings. The van der Waals surface area contributed by atoms with Crippen LogP contribution in [0.4, 0.5) is 4.79 Å². The third-order valence-electron chi connectivity index (χ3n) is 3.43. The Morgan fingerprint density at radius 1 is 1.17 bits per heavy atom. The molecule has 0 aliphatic rings. The van der Waals surface area contributed by atoms with Crippen molar-refractivity contribution in [2.75, 3.05) is 6.54 Å². The molecular weight excluding hydrogens is 292 g/mol. The molecular formula is C18H28N2O3. The highest BCUT2D eigenvalue weighted by atomic mass is 16.6. The molecule has 2 atom stereocenters. The number of alkyl carbamates (subject to hydrolysis) is 1. The maximum Gasteiger partial charge on any atom is 0.408 e. The number of hydrogen-bond acceptors (Lipinski definition) is 3. The molecule has 128 valence electrons. The lowest BCUT2D eigenvalue weighted by molar-refractivity contribution is -0.124. The predicted octanol–water partition coefficient (Wildman–Crippen LogP) is 3.41. The molecule has 0 unspecified atom stereocenters. The zero-order chi connectivity index (χ0) is 17.5. The fourth-order valence-corrected chi connectivity index (χ4v) is 1.95. The normalized spacial score (nSPS) is 13.8. The summed E-state index contributed by atoms with van der Waals surface area (Å²) >= 11 is 0. The summed E-state index contributed by atoms with van der Waals surface area (Å²) in [5, 5.41) is 5.72. The van der Waals surface area contributed by atoms with Gasteiger partial charge in [-0.15, -0.1) is 0 Å². The van der Waals surface area contributed by atoms with Crippen molar-refractivity contribution in [3.8, 4) is 0 Å². The van der Waals surface area contributed by atoms with Gasteiger partial charge in [0.2, 0.25) is 5.91 Å². The van der Waals surface area contributed by atoms with E-state index in [1.165, 1.54) is 0 Å². The molecule has 0 spiro atoms. The molecule has 0 saturated carbocycles. The van der Waals surface area contributed by atoms with Crippen LogP contribution < -0.4 is 10.6 Å². The smallest absolute Gasteiger partial charge is 0.408 e. The Labute approximate surface area is 138 Å². The van der Waals surface area contributed by atoms with Crippen LogP contribution in [-0.4, -0.2) is 24.1 Å². The topological polar surface area (TPSA) is 67.4 Å². The molecule has 0 aromatic heterocycles. The average Bonchev–Trinajstić information content (AvgIpc) is 2.49. The molecule has 0 aliphatic carbocycles. The lowest BCUT2D eigenvalue weighted by Crippen LogP contribution is -2.41. The minimum Gasteiger partial charge on any atom is -0.444 e. The predicted molar refractivity (Wildman–Crippen MR) is 91.0 cm³/mol. The van der Waals surface area contributed by atoms with Gasteiger partial charge in [-0.3, -0.25) is 4.79 Å². The van der Waals surface area contributed by atoms with E-state index < -0.39 is 11.7 Å². The Hall–Kier alpha value is -2.04.